The molecule has 2 heterocycles. The molecule has 1 aliphatic rings. The zero-order chi connectivity index (χ0) is 15.2. The summed E-state index contributed by atoms with van der Waals surface area (Å²) < 4.78 is 0. The van der Waals surface area contributed by atoms with Gasteiger partial charge in [0.05, 0.1) is 0 Å². The SMILES string of the molecule is CC(=O)c1c[nH]c(C(=O)NCCN2CCCCCC2=O)c1. The quantitative estimate of drug-likeness (QED) is 0.803. The lowest BCUT2D eigenvalue weighted by atomic mass is 10.2. The van der Waals surface area contributed by atoms with Gasteiger partial charge in [-0.15, -0.1) is 0 Å². The number of nitrogens with one attached hydrogen (secondary N) is 2. The second-order valence-electron chi connectivity index (χ2n) is 5.31. The molecule has 0 aromatic carbocycles. The molecule has 1 aliphatic heterocycles. The van der Waals surface area contributed by atoms with Crippen LogP contribution >= 0.6 is 0 Å². The number of hydrogen-bond donors (Lipinski definition) is 2. The molecular weight excluding hydrogens is 270 g/mol. The Morgan fingerprint density at radius 2 is 2.14 bits per heavy atom. The molecule has 0 bridgehead atoms. The van der Waals surface area contributed by atoms with E-state index >= 15 is 0 Å². The molecule has 0 spiro atoms. The number of ketones is 1. The van der Waals surface area contributed by atoms with Crippen molar-refractivity contribution in [1.29, 1.82) is 0 Å². The smallest absolute Gasteiger partial charge is 0.267 e. The van der Waals surface area contributed by atoms with E-state index in [2.05, 4.69) is 10.3 Å². The van der Waals surface area contributed by atoms with Crippen LogP contribution in [0.1, 0.15) is 53.5 Å². The van der Waals surface area contributed by atoms with Gasteiger partial charge >= 0.3 is 0 Å². The number of aromatic amines is 1. The van der Waals surface area contributed by atoms with E-state index in [4.69, 9.17) is 0 Å². The second kappa shape index (κ2) is 7.06. The van der Waals surface area contributed by atoms with E-state index in [-0.39, 0.29) is 17.6 Å². The minimum absolute atomic E-state index is 0.0829. The van der Waals surface area contributed by atoms with Crippen LogP contribution in [-0.4, -0.2) is 47.1 Å². The number of nitrogens with zero attached hydrogens (tertiary/aromatic N) is 1. The first kappa shape index (κ1) is 15.3. The maximum absolute atomic E-state index is 11.9. The van der Waals surface area contributed by atoms with Crippen LogP contribution < -0.4 is 5.32 Å². The van der Waals surface area contributed by atoms with E-state index < -0.39 is 0 Å². The Bertz CT molecular complexity index is 536. The summed E-state index contributed by atoms with van der Waals surface area (Å²) in [5.41, 5.74) is 0.852. The number of Topliss-reactive ketones (excluding diaryl/α,β-unsaturated/α-hetero) is 1. The Morgan fingerprint density at radius 1 is 1.33 bits per heavy atom. The molecule has 2 amide bonds. The summed E-state index contributed by atoms with van der Waals surface area (Å²) in [6.45, 7) is 3.17. The Kier molecular flexibility index (Phi) is 5.14. The zero-order valence-electron chi connectivity index (χ0n) is 12.3. The summed E-state index contributed by atoms with van der Waals surface area (Å²) in [7, 11) is 0. The van der Waals surface area contributed by atoms with Gasteiger partial charge in [0.1, 0.15) is 5.69 Å². The Hall–Kier alpha value is -2.11. The van der Waals surface area contributed by atoms with Crippen LogP contribution in [0.5, 0.6) is 0 Å². The highest BCUT2D eigenvalue weighted by molar-refractivity contribution is 5.99. The van der Waals surface area contributed by atoms with Crippen LogP contribution in [0, 0.1) is 0 Å². The number of rotatable bonds is 5. The number of aromatic nitrogens is 1. The summed E-state index contributed by atoms with van der Waals surface area (Å²) in [4.78, 5) is 39.5. The van der Waals surface area contributed by atoms with Gasteiger partial charge in [-0.1, -0.05) is 6.42 Å². The molecule has 21 heavy (non-hydrogen) atoms. The van der Waals surface area contributed by atoms with Crippen molar-refractivity contribution in [2.24, 2.45) is 0 Å². The highest BCUT2D eigenvalue weighted by Gasteiger charge is 2.16. The van der Waals surface area contributed by atoms with Gasteiger partial charge in [0, 0.05) is 37.8 Å². The third kappa shape index (κ3) is 4.18. The van der Waals surface area contributed by atoms with Gasteiger partial charge in [-0.25, -0.2) is 0 Å². The molecule has 1 saturated heterocycles. The minimum atomic E-state index is -0.259. The molecule has 6 heteroatoms. The molecule has 114 valence electrons. The first-order chi connectivity index (χ1) is 10.1. The van der Waals surface area contributed by atoms with Crippen molar-refractivity contribution < 1.29 is 14.4 Å². The van der Waals surface area contributed by atoms with Gasteiger partial charge in [-0.2, -0.15) is 0 Å². The van der Waals surface area contributed by atoms with E-state index in [1.807, 2.05) is 4.90 Å². The maximum Gasteiger partial charge on any atom is 0.267 e. The minimum Gasteiger partial charge on any atom is -0.356 e. The molecule has 1 aromatic rings. The molecule has 1 aromatic heterocycles. The predicted molar refractivity (Wildman–Crippen MR) is 78.2 cm³/mol. The van der Waals surface area contributed by atoms with Gasteiger partial charge in [0.15, 0.2) is 5.78 Å². The second-order valence-corrected chi connectivity index (χ2v) is 5.31. The molecule has 0 atom stereocenters. The molecule has 2 rings (SSSR count). The molecule has 0 aliphatic carbocycles. The number of amides is 2. The standard InChI is InChI=1S/C15H21N3O3/c1-11(19)12-9-13(17-10-12)15(21)16-6-8-18-7-4-2-3-5-14(18)20/h9-10,17H,2-8H2,1H3,(H,16,21). The van der Waals surface area contributed by atoms with Crippen molar-refractivity contribution in [3.63, 3.8) is 0 Å². The number of hydrogen-bond acceptors (Lipinski definition) is 3. The van der Waals surface area contributed by atoms with Gasteiger partial charge in [0.2, 0.25) is 5.91 Å². The Balaban J connectivity index is 1.80. The van der Waals surface area contributed by atoms with Crippen molar-refractivity contribution in [2.75, 3.05) is 19.6 Å². The summed E-state index contributed by atoms with van der Waals surface area (Å²) in [5, 5.41) is 2.76. The van der Waals surface area contributed by atoms with Gasteiger partial charge in [-0.3, -0.25) is 14.4 Å². The molecule has 0 radical (unpaired) electrons. The van der Waals surface area contributed by atoms with Crippen LogP contribution in [0.2, 0.25) is 0 Å². The largest absolute Gasteiger partial charge is 0.356 e. The van der Waals surface area contributed by atoms with Gasteiger partial charge in [-0.05, 0) is 25.8 Å². The lowest BCUT2D eigenvalue weighted by Gasteiger charge is -2.20. The third-order valence-electron chi connectivity index (χ3n) is 3.67. The maximum atomic E-state index is 11.9. The van der Waals surface area contributed by atoms with E-state index in [1.165, 1.54) is 19.2 Å². The summed E-state index contributed by atoms with van der Waals surface area (Å²) >= 11 is 0. The van der Waals surface area contributed by atoms with Crippen LogP contribution in [0.3, 0.4) is 0 Å². The van der Waals surface area contributed by atoms with Crippen molar-refractivity contribution in [3.8, 4) is 0 Å². The first-order valence-corrected chi connectivity index (χ1v) is 7.33. The number of carbonyl (C=O) groups excluding carboxylic acids is 3. The molecule has 6 nitrogen and oxygen atoms in total. The van der Waals surface area contributed by atoms with Gasteiger partial charge in [0.25, 0.3) is 5.91 Å². The van der Waals surface area contributed by atoms with Crippen molar-refractivity contribution >= 4 is 17.6 Å². The molecule has 0 unspecified atom stereocenters. The topological polar surface area (TPSA) is 82.3 Å². The molecule has 0 saturated carbocycles. The van der Waals surface area contributed by atoms with Crippen LogP contribution in [-0.2, 0) is 4.79 Å². The Labute approximate surface area is 123 Å². The molecule has 2 N–H and O–H groups in total. The monoisotopic (exact) mass is 291 g/mol. The van der Waals surface area contributed by atoms with E-state index in [9.17, 15) is 14.4 Å². The van der Waals surface area contributed by atoms with Gasteiger partial charge < -0.3 is 15.2 Å². The highest BCUT2D eigenvalue weighted by Crippen LogP contribution is 2.10. The normalized spacial score (nSPS) is 15.7. The fourth-order valence-electron chi connectivity index (χ4n) is 2.40. The number of likely N-dealkylation sites (tertiary alicyclic amines) is 1. The summed E-state index contributed by atoms with van der Waals surface area (Å²) in [6, 6.07) is 1.54. The fourth-order valence-corrected chi connectivity index (χ4v) is 2.40. The number of carbonyl (C=O) groups is 3. The highest BCUT2D eigenvalue weighted by atomic mass is 16.2. The van der Waals surface area contributed by atoms with E-state index in [0.717, 1.165) is 25.8 Å². The van der Waals surface area contributed by atoms with E-state index in [0.29, 0.717) is 30.8 Å². The van der Waals surface area contributed by atoms with Crippen molar-refractivity contribution in [1.82, 2.24) is 15.2 Å². The average molecular weight is 291 g/mol. The lowest BCUT2D eigenvalue weighted by Crippen LogP contribution is -2.38. The molecular formula is C15H21N3O3. The van der Waals surface area contributed by atoms with Crippen LogP contribution in [0.4, 0.5) is 0 Å². The average Bonchev–Trinajstić information content (AvgIpc) is 2.86. The summed E-state index contributed by atoms with van der Waals surface area (Å²) in [6.07, 6.45) is 5.20. The first-order valence-electron chi connectivity index (χ1n) is 7.33. The third-order valence-corrected chi connectivity index (χ3v) is 3.67. The van der Waals surface area contributed by atoms with Crippen LogP contribution in [0.15, 0.2) is 12.3 Å². The predicted octanol–water partition coefficient (Wildman–Crippen LogP) is 1.35. The zero-order valence-corrected chi connectivity index (χ0v) is 12.3. The number of H-pyrrole nitrogens is 1. The van der Waals surface area contributed by atoms with Crippen molar-refractivity contribution in [3.05, 3.63) is 23.5 Å². The van der Waals surface area contributed by atoms with Crippen molar-refractivity contribution in [2.45, 2.75) is 32.6 Å². The molecule has 1 fully saturated rings. The lowest BCUT2D eigenvalue weighted by molar-refractivity contribution is -0.130. The fraction of sp³-hybridized carbons (Fsp3) is 0.533. The van der Waals surface area contributed by atoms with Crippen LogP contribution in [0.25, 0.3) is 0 Å². The summed E-state index contributed by atoms with van der Waals surface area (Å²) in [5.74, 6) is -0.175. The van der Waals surface area contributed by atoms with E-state index in [1.54, 1.807) is 0 Å². The Morgan fingerprint density at radius 3 is 2.86 bits per heavy atom.